The second-order valence-electron chi connectivity index (χ2n) is 8.29. The van der Waals surface area contributed by atoms with Gasteiger partial charge in [-0.2, -0.15) is 10.2 Å². The molecule has 192 valence electrons. The van der Waals surface area contributed by atoms with Crippen molar-refractivity contribution in [3.8, 4) is 22.1 Å². The van der Waals surface area contributed by atoms with Crippen LogP contribution in [0.3, 0.4) is 0 Å². The molecule has 12 heteroatoms. The molecule has 0 radical (unpaired) electrons. The maximum atomic E-state index is 11.0. The van der Waals surface area contributed by atoms with Crippen molar-refractivity contribution in [3.63, 3.8) is 0 Å². The minimum Gasteiger partial charge on any atom is -0.302 e. The molecule has 0 N–H and O–H groups in total. The quantitative estimate of drug-likeness (QED) is 0.183. The van der Waals surface area contributed by atoms with Gasteiger partial charge in [-0.3, -0.25) is 9.80 Å². The second-order valence-corrected chi connectivity index (χ2v) is 9.36. The number of rotatable bonds is 14. The van der Waals surface area contributed by atoms with Gasteiger partial charge in [0.25, 0.3) is 0 Å². The largest absolute Gasteiger partial charge is 0.302 e. The van der Waals surface area contributed by atoms with Gasteiger partial charge in [0.05, 0.1) is 24.5 Å². The first kappa shape index (κ1) is 26.2. The highest BCUT2D eigenvalue weighted by molar-refractivity contribution is 7.19. The highest BCUT2D eigenvalue weighted by Gasteiger charge is 2.14. The number of aromatic nitrogens is 5. The third kappa shape index (κ3) is 6.47. The lowest BCUT2D eigenvalue weighted by Gasteiger charge is -2.15. The van der Waals surface area contributed by atoms with E-state index >= 15 is 0 Å². The number of thiophene rings is 1. The monoisotopic (exact) mass is 520 g/mol. The lowest BCUT2D eigenvalue weighted by atomic mass is 10.2. The Morgan fingerprint density at radius 2 is 1.41 bits per heavy atom. The number of hydrogen-bond donors (Lipinski definition) is 0. The predicted octanol–water partition coefficient (Wildman–Crippen LogP) is 3.62. The Hall–Kier alpha value is -3.87. The molecular weight excluding hydrogens is 492 g/mol. The standard InChI is InChI=1S/C25H28N8O3S/c1-3-30(11-13-34)17-20-7-9-32(27-20)23-15-19(22-5-6-25(29-36)37-22)16-24(26-23)33-10-8-21(28-33)18-31(4-2)12-14-35/h5-10,13-16H,3-4,11-12,17-18H2,1-2H3. The van der Waals surface area contributed by atoms with Crippen LogP contribution in [-0.4, -0.2) is 73.1 Å². The van der Waals surface area contributed by atoms with Crippen molar-refractivity contribution in [3.05, 3.63) is 65.1 Å². The van der Waals surface area contributed by atoms with Crippen LogP contribution in [0.2, 0.25) is 0 Å². The topological polar surface area (TPSA) is 119 Å². The second kappa shape index (κ2) is 12.4. The fourth-order valence-corrected chi connectivity index (χ4v) is 4.61. The van der Waals surface area contributed by atoms with Gasteiger partial charge in [0.2, 0.25) is 0 Å². The molecule has 4 rings (SSSR count). The minimum absolute atomic E-state index is 0.344. The van der Waals surface area contributed by atoms with Gasteiger partial charge in [-0.25, -0.2) is 14.3 Å². The van der Waals surface area contributed by atoms with E-state index in [4.69, 9.17) is 4.98 Å². The molecule has 0 saturated carbocycles. The summed E-state index contributed by atoms with van der Waals surface area (Å²) < 4.78 is 3.38. The first-order valence-corrected chi connectivity index (χ1v) is 12.8. The van der Waals surface area contributed by atoms with Crippen LogP contribution in [0.25, 0.3) is 22.1 Å². The summed E-state index contributed by atoms with van der Waals surface area (Å²) in [6.45, 7) is 7.25. The highest BCUT2D eigenvalue weighted by Crippen LogP contribution is 2.34. The molecule has 0 amide bonds. The molecular formula is C25H28N8O3S. The van der Waals surface area contributed by atoms with E-state index in [2.05, 4.69) is 15.4 Å². The predicted molar refractivity (Wildman–Crippen MR) is 141 cm³/mol. The van der Waals surface area contributed by atoms with Gasteiger partial charge < -0.3 is 9.59 Å². The van der Waals surface area contributed by atoms with E-state index in [1.165, 1.54) is 11.3 Å². The summed E-state index contributed by atoms with van der Waals surface area (Å²) in [5.41, 5.74) is 2.48. The van der Waals surface area contributed by atoms with Crippen LogP contribution in [0.5, 0.6) is 0 Å². The van der Waals surface area contributed by atoms with Crippen LogP contribution in [0.4, 0.5) is 5.00 Å². The zero-order valence-electron chi connectivity index (χ0n) is 20.7. The van der Waals surface area contributed by atoms with E-state index in [0.29, 0.717) is 42.8 Å². The summed E-state index contributed by atoms with van der Waals surface area (Å²) in [7, 11) is 0. The van der Waals surface area contributed by atoms with Crippen molar-refractivity contribution in [2.24, 2.45) is 5.18 Å². The lowest BCUT2D eigenvalue weighted by molar-refractivity contribution is -0.109. The van der Waals surface area contributed by atoms with Gasteiger partial charge in [-0.15, -0.1) is 16.2 Å². The van der Waals surface area contributed by atoms with Gasteiger partial charge in [0.1, 0.15) is 12.6 Å². The Morgan fingerprint density at radius 3 is 1.84 bits per heavy atom. The van der Waals surface area contributed by atoms with Crippen LogP contribution in [0.15, 0.2) is 54.0 Å². The molecule has 0 atom stereocenters. The number of carbonyl (C=O) groups excluding carboxylic acids is 2. The molecule has 0 aromatic carbocycles. The first-order chi connectivity index (χ1) is 18.1. The number of nitrogens with zero attached hydrogens (tertiary/aromatic N) is 8. The van der Waals surface area contributed by atoms with Crippen molar-refractivity contribution in [2.45, 2.75) is 26.9 Å². The van der Waals surface area contributed by atoms with E-state index in [0.717, 1.165) is 47.5 Å². The van der Waals surface area contributed by atoms with Gasteiger partial charge in [0.15, 0.2) is 16.6 Å². The number of hydrogen-bond acceptors (Lipinski definition) is 10. The average Bonchev–Trinajstić information content (AvgIpc) is 3.69. The number of pyridine rings is 1. The van der Waals surface area contributed by atoms with E-state index in [9.17, 15) is 14.5 Å². The Balaban J connectivity index is 1.69. The van der Waals surface area contributed by atoms with E-state index in [-0.39, 0.29) is 0 Å². The molecule has 0 bridgehead atoms. The maximum absolute atomic E-state index is 11.0. The smallest absolute Gasteiger partial charge is 0.161 e. The van der Waals surface area contributed by atoms with Crippen molar-refractivity contribution < 1.29 is 9.59 Å². The lowest BCUT2D eigenvalue weighted by Crippen LogP contribution is -2.25. The molecule has 0 unspecified atom stereocenters. The molecule has 4 aromatic rings. The molecule has 37 heavy (non-hydrogen) atoms. The number of carbonyl (C=O) groups is 2. The van der Waals surface area contributed by atoms with Crippen LogP contribution in [0, 0.1) is 4.91 Å². The summed E-state index contributed by atoms with van der Waals surface area (Å²) >= 11 is 1.29. The van der Waals surface area contributed by atoms with Gasteiger partial charge in [-0.05, 0) is 60.2 Å². The van der Waals surface area contributed by atoms with E-state index in [1.807, 2.05) is 66.4 Å². The van der Waals surface area contributed by atoms with Crippen molar-refractivity contribution in [1.29, 1.82) is 0 Å². The summed E-state index contributed by atoms with van der Waals surface area (Å²) in [6, 6.07) is 11.1. The number of likely N-dealkylation sites (N-methyl/N-ethyl adjacent to an activating group) is 2. The Bertz CT molecular complexity index is 1280. The van der Waals surface area contributed by atoms with Crippen molar-refractivity contribution in [1.82, 2.24) is 34.3 Å². The Labute approximate surface area is 218 Å². The van der Waals surface area contributed by atoms with Crippen LogP contribution < -0.4 is 0 Å². The Morgan fingerprint density at radius 1 is 0.865 bits per heavy atom. The Kier molecular flexibility index (Phi) is 8.77. The fraction of sp³-hybridized carbons (Fsp3) is 0.320. The summed E-state index contributed by atoms with van der Waals surface area (Å²) in [6.07, 6.45) is 5.44. The van der Waals surface area contributed by atoms with E-state index < -0.39 is 0 Å². The third-order valence-electron chi connectivity index (χ3n) is 5.85. The van der Waals surface area contributed by atoms with Gasteiger partial charge >= 0.3 is 0 Å². The fourth-order valence-electron chi connectivity index (χ4n) is 3.84. The SMILES string of the molecule is CCN(CC=O)Cc1ccn(-c2cc(-c3ccc(N=O)s3)cc(-n3ccc(CN(CC)CC=O)n3)n2)n1. The molecule has 0 fully saturated rings. The van der Waals surface area contributed by atoms with Crippen LogP contribution >= 0.6 is 11.3 Å². The van der Waals surface area contributed by atoms with Crippen LogP contribution in [-0.2, 0) is 22.7 Å². The van der Waals surface area contributed by atoms with Crippen molar-refractivity contribution >= 4 is 28.9 Å². The molecule has 0 aliphatic heterocycles. The average molecular weight is 521 g/mol. The van der Waals surface area contributed by atoms with Crippen molar-refractivity contribution in [2.75, 3.05) is 26.2 Å². The summed E-state index contributed by atoms with van der Waals surface area (Å²) in [5, 5.41) is 12.8. The number of nitroso groups, excluding NO2 is 1. The van der Waals surface area contributed by atoms with Gasteiger partial charge in [-0.1, -0.05) is 13.8 Å². The molecule has 11 nitrogen and oxygen atoms in total. The first-order valence-electron chi connectivity index (χ1n) is 11.9. The normalized spacial score (nSPS) is 11.4. The minimum atomic E-state index is 0.344. The zero-order valence-corrected chi connectivity index (χ0v) is 21.5. The zero-order chi connectivity index (χ0) is 26.2. The van der Waals surface area contributed by atoms with E-state index in [1.54, 1.807) is 15.4 Å². The third-order valence-corrected chi connectivity index (χ3v) is 6.87. The molecule has 0 saturated heterocycles. The molecule has 0 aliphatic carbocycles. The number of aldehydes is 2. The summed E-state index contributed by atoms with van der Waals surface area (Å²) in [4.78, 5) is 42.6. The molecule has 4 heterocycles. The van der Waals surface area contributed by atoms with Gasteiger partial charge in [0, 0.05) is 30.4 Å². The molecule has 0 spiro atoms. The maximum Gasteiger partial charge on any atom is 0.161 e. The van der Waals surface area contributed by atoms with Crippen LogP contribution in [0.1, 0.15) is 25.2 Å². The summed E-state index contributed by atoms with van der Waals surface area (Å²) in [5.74, 6) is 1.17. The molecule has 0 aliphatic rings. The molecule has 4 aromatic heterocycles. The highest BCUT2D eigenvalue weighted by atomic mass is 32.1.